The summed E-state index contributed by atoms with van der Waals surface area (Å²) in [5.41, 5.74) is 2.30. The highest BCUT2D eigenvalue weighted by Gasteiger charge is 2.20. The van der Waals surface area contributed by atoms with E-state index in [-0.39, 0.29) is 15.9 Å². The molecule has 0 unspecified atom stereocenters. The SMILES string of the molecule is Cc1cccc(Cl)c1S(=O)(=O)Nc1ccc(NC(=O)NCc2cccnc2)cc1. The Morgan fingerprint density at radius 1 is 1.03 bits per heavy atom. The number of rotatable bonds is 6. The first-order chi connectivity index (χ1) is 13.8. The van der Waals surface area contributed by atoms with Crippen LogP contribution in [0.5, 0.6) is 0 Å². The van der Waals surface area contributed by atoms with Gasteiger partial charge in [-0.25, -0.2) is 13.2 Å². The number of halogens is 1. The van der Waals surface area contributed by atoms with Crippen molar-refractivity contribution in [1.29, 1.82) is 0 Å². The molecule has 0 spiro atoms. The van der Waals surface area contributed by atoms with Crippen molar-refractivity contribution < 1.29 is 13.2 Å². The number of anilines is 2. The topological polar surface area (TPSA) is 100 Å². The van der Waals surface area contributed by atoms with E-state index in [4.69, 9.17) is 11.6 Å². The van der Waals surface area contributed by atoms with E-state index in [0.717, 1.165) is 5.56 Å². The number of urea groups is 1. The fourth-order valence-corrected chi connectivity index (χ4v) is 4.54. The Morgan fingerprint density at radius 2 is 1.76 bits per heavy atom. The fourth-order valence-electron chi connectivity index (χ4n) is 2.65. The minimum atomic E-state index is -3.84. The summed E-state index contributed by atoms with van der Waals surface area (Å²) in [5, 5.41) is 5.56. The van der Waals surface area contributed by atoms with E-state index in [2.05, 4.69) is 20.3 Å². The second kappa shape index (κ2) is 8.93. The molecule has 2 amide bonds. The van der Waals surface area contributed by atoms with Gasteiger partial charge in [-0.2, -0.15) is 0 Å². The highest BCUT2D eigenvalue weighted by Crippen LogP contribution is 2.27. The third-order valence-corrected chi connectivity index (χ3v) is 6.01. The summed E-state index contributed by atoms with van der Waals surface area (Å²) in [4.78, 5) is 16.0. The van der Waals surface area contributed by atoms with Crippen LogP contribution >= 0.6 is 11.6 Å². The largest absolute Gasteiger partial charge is 0.334 e. The third kappa shape index (κ3) is 5.46. The van der Waals surface area contributed by atoms with Crippen molar-refractivity contribution in [1.82, 2.24) is 10.3 Å². The van der Waals surface area contributed by atoms with Crippen LogP contribution in [0.1, 0.15) is 11.1 Å². The average Bonchev–Trinajstić information content (AvgIpc) is 2.68. The Bertz CT molecular complexity index is 1080. The summed E-state index contributed by atoms with van der Waals surface area (Å²) in [6, 6.07) is 14.5. The minimum absolute atomic E-state index is 0.0404. The maximum absolute atomic E-state index is 12.6. The molecular formula is C20H19ClN4O3S. The van der Waals surface area contributed by atoms with E-state index in [9.17, 15) is 13.2 Å². The monoisotopic (exact) mass is 430 g/mol. The Hall–Kier alpha value is -3.10. The van der Waals surface area contributed by atoms with Crippen LogP contribution < -0.4 is 15.4 Å². The second-order valence-corrected chi connectivity index (χ2v) is 8.26. The Balaban J connectivity index is 1.62. The Kier molecular flexibility index (Phi) is 6.36. The molecule has 0 radical (unpaired) electrons. The first kappa shape index (κ1) is 20.6. The quantitative estimate of drug-likeness (QED) is 0.546. The van der Waals surface area contributed by atoms with E-state index >= 15 is 0 Å². The summed E-state index contributed by atoms with van der Waals surface area (Å²) in [6.45, 7) is 2.02. The van der Waals surface area contributed by atoms with Gasteiger partial charge in [0, 0.05) is 30.3 Å². The molecule has 0 aliphatic rings. The van der Waals surface area contributed by atoms with Gasteiger partial charge in [0.25, 0.3) is 10.0 Å². The van der Waals surface area contributed by atoms with E-state index in [1.807, 2.05) is 6.07 Å². The molecule has 0 atom stereocenters. The first-order valence-electron chi connectivity index (χ1n) is 8.67. The van der Waals surface area contributed by atoms with Gasteiger partial charge in [-0.3, -0.25) is 9.71 Å². The van der Waals surface area contributed by atoms with Crippen molar-refractivity contribution in [3.05, 3.63) is 83.1 Å². The zero-order valence-electron chi connectivity index (χ0n) is 15.5. The van der Waals surface area contributed by atoms with Crippen LogP contribution in [0, 0.1) is 6.92 Å². The fraction of sp³-hybridized carbons (Fsp3) is 0.100. The normalized spacial score (nSPS) is 11.0. The number of benzene rings is 2. The van der Waals surface area contributed by atoms with Gasteiger partial charge in [-0.1, -0.05) is 29.8 Å². The molecule has 2 aromatic carbocycles. The number of nitrogens with one attached hydrogen (secondary N) is 3. The van der Waals surface area contributed by atoms with Gasteiger partial charge in [0.2, 0.25) is 0 Å². The molecule has 0 saturated carbocycles. The number of aromatic nitrogens is 1. The molecule has 150 valence electrons. The highest BCUT2D eigenvalue weighted by atomic mass is 35.5. The molecule has 0 bridgehead atoms. The van der Waals surface area contributed by atoms with E-state index in [1.54, 1.807) is 61.8 Å². The summed E-state index contributed by atoms with van der Waals surface area (Å²) in [5.74, 6) is 0. The maximum Gasteiger partial charge on any atom is 0.319 e. The number of hydrogen-bond donors (Lipinski definition) is 3. The average molecular weight is 431 g/mol. The van der Waals surface area contributed by atoms with Crippen molar-refractivity contribution in [2.75, 3.05) is 10.0 Å². The van der Waals surface area contributed by atoms with Crippen molar-refractivity contribution in [2.45, 2.75) is 18.4 Å². The van der Waals surface area contributed by atoms with Gasteiger partial charge >= 0.3 is 6.03 Å². The van der Waals surface area contributed by atoms with Crippen molar-refractivity contribution in [3.63, 3.8) is 0 Å². The Morgan fingerprint density at radius 3 is 2.41 bits per heavy atom. The smallest absolute Gasteiger partial charge is 0.319 e. The lowest BCUT2D eigenvalue weighted by molar-refractivity contribution is 0.251. The zero-order chi connectivity index (χ0) is 20.9. The molecule has 3 aromatic rings. The van der Waals surface area contributed by atoms with Crippen molar-refractivity contribution in [3.8, 4) is 0 Å². The molecule has 29 heavy (non-hydrogen) atoms. The first-order valence-corrected chi connectivity index (χ1v) is 10.5. The number of hydrogen-bond acceptors (Lipinski definition) is 4. The van der Waals surface area contributed by atoms with E-state index in [1.165, 1.54) is 6.07 Å². The number of nitrogens with zero attached hydrogens (tertiary/aromatic N) is 1. The van der Waals surface area contributed by atoms with Crippen LogP contribution in [0.2, 0.25) is 5.02 Å². The zero-order valence-corrected chi connectivity index (χ0v) is 17.1. The molecule has 7 nitrogen and oxygen atoms in total. The summed E-state index contributed by atoms with van der Waals surface area (Å²) in [6.07, 6.45) is 3.33. The number of amides is 2. The molecule has 0 saturated heterocycles. The lowest BCUT2D eigenvalue weighted by atomic mass is 10.2. The number of aryl methyl sites for hydroxylation is 1. The molecule has 1 heterocycles. The van der Waals surface area contributed by atoms with E-state index in [0.29, 0.717) is 23.5 Å². The van der Waals surface area contributed by atoms with Gasteiger partial charge in [0.05, 0.1) is 5.02 Å². The number of pyridine rings is 1. The third-order valence-electron chi connectivity index (χ3n) is 4.00. The van der Waals surface area contributed by atoms with Gasteiger partial charge in [-0.05, 0) is 54.4 Å². The van der Waals surface area contributed by atoms with Crippen LogP contribution in [0.25, 0.3) is 0 Å². The molecular weight excluding hydrogens is 412 g/mol. The van der Waals surface area contributed by atoms with Crippen LogP contribution in [0.3, 0.4) is 0 Å². The lowest BCUT2D eigenvalue weighted by Crippen LogP contribution is -2.28. The van der Waals surface area contributed by atoms with Gasteiger partial charge in [0.1, 0.15) is 4.90 Å². The van der Waals surface area contributed by atoms with Gasteiger partial charge in [-0.15, -0.1) is 0 Å². The Labute approximate surface area is 174 Å². The number of carbonyl (C=O) groups excluding carboxylic acids is 1. The van der Waals surface area contributed by atoms with Crippen molar-refractivity contribution >= 4 is 39.0 Å². The number of carbonyl (C=O) groups is 1. The predicted molar refractivity (Wildman–Crippen MR) is 114 cm³/mol. The summed E-state index contributed by atoms with van der Waals surface area (Å²) in [7, 11) is -3.84. The minimum Gasteiger partial charge on any atom is -0.334 e. The molecule has 0 aliphatic carbocycles. The molecule has 0 aliphatic heterocycles. The predicted octanol–water partition coefficient (Wildman–Crippen LogP) is 4.17. The maximum atomic E-state index is 12.6. The van der Waals surface area contributed by atoms with Crippen LogP contribution in [0.15, 0.2) is 71.9 Å². The highest BCUT2D eigenvalue weighted by molar-refractivity contribution is 7.92. The molecule has 3 N–H and O–H groups in total. The molecule has 1 aromatic heterocycles. The lowest BCUT2D eigenvalue weighted by Gasteiger charge is -2.12. The van der Waals surface area contributed by atoms with Gasteiger partial charge in [0.15, 0.2) is 0 Å². The summed E-state index contributed by atoms with van der Waals surface area (Å²) < 4.78 is 27.8. The molecule has 3 rings (SSSR count). The van der Waals surface area contributed by atoms with Crippen molar-refractivity contribution in [2.24, 2.45) is 0 Å². The molecule has 9 heteroatoms. The summed E-state index contributed by atoms with van der Waals surface area (Å²) >= 11 is 6.06. The number of sulfonamides is 1. The second-order valence-electron chi connectivity index (χ2n) is 6.24. The van der Waals surface area contributed by atoms with Crippen LogP contribution in [-0.2, 0) is 16.6 Å². The van der Waals surface area contributed by atoms with Crippen LogP contribution in [0.4, 0.5) is 16.2 Å². The van der Waals surface area contributed by atoms with Gasteiger partial charge < -0.3 is 10.6 Å². The molecule has 0 fully saturated rings. The van der Waals surface area contributed by atoms with Crippen LogP contribution in [-0.4, -0.2) is 19.4 Å². The van der Waals surface area contributed by atoms with E-state index < -0.39 is 10.0 Å². The standard InChI is InChI=1S/C20H19ClN4O3S/c1-14-4-2-6-18(21)19(14)29(27,28)25-17-9-7-16(8-10-17)24-20(26)23-13-15-5-3-11-22-12-15/h2-12,25H,13H2,1H3,(H2,23,24,26).